The molecule has 7 heteroatoms. The van der Waals surface area contributed by atoms with E-state index in [0.717, 1.165) is 41.3 Å². The molecule has 1 fully saturated rings. The fraction of sp³-hybridized carbons (Fsp3) is 0.152. The summed E-state index contributed by atoms with van der Waals surface area (Å²) >= 11 is 1.80. The van der Waals surface area contributed by atoms with E-state index >= 15 is 0 Å². The Morgan fingerprint density at radius 3 is 2.42 bits per heavy atom. The molecule has 1 aliphatic heterocycles. The van der Waals surface area contributed by atoms with Crippen molar-refractivity contribution in [2.75, 3.05) is 26.2 Å². The lowest BCUT2D eigenvalue weighted by molar-refractivity contribution is 0.0626. The molecule has 7 rings (SSSR count). The Labute approximate surface area is 235 Å². The first-order chi connectivity index (χ1) is 19.6. The maximum Gasteiger partial charge on any atom is 0.254 e. The fourth-order valence-corrected chi connectivity index (χ4v) is 6.52. The van der Waals surface area contributed by atoms with Crippen molar-refractivity contribution in [3.63, 3.8) is 0 Å². The topological polar surface area (TPSA) is 40.9 Å². The van der Waals surface area contributed by atoms with Gasteiger partial charge in [-0.25, -0.2) is 9.37 Å². The van der Waals surface area contributed by atoms with Crippen molar-refractivity contribution in [3.05, 3.63) is 120 Å². The molecule has 0 N–H and O–H groups in total. The summed E-state index contributed by atoms with van der Waals surface area (Å²) in [4.78, 5) is 23.4. The van der Waals surface area contributed by atoms with E-state index < -0.39 is 0 Å². The molecule has 0 atom stereocenters. The Morgan fingerprint density at radius 2 is 1.62 bits per heavy atom. The zero-order chi connectivity index (χ0) is 27.1. The minimum Gasteiger partial charge on any atom is -0.336 e. The number of aromatic nitrogens is 2. The molecule has 4 heterocycles. The monoisotopic (exact) mass is 546 g/mol. The number of benzene rings is 3. The van der Waals surface area contributed by atoms with E-state index in [-0.39, 0.29) is 11.7 Å². The molecule has 0 spiro atoms. The van der Waals surface area contributed by atoms with Gasteiger partial charge in [0.15, 0.2) is 0 Å². The van der Waals surface area contributed by atoms with Crippen LogP contribution in [0.3, 0.4) is 0 Å². The van der Waals surface area contributed by atoms with Crippen molar-refractivity contribution in [2.24, 2.45) is 0 Å². The van der Waals surface area contributed by atoms with Gasteiger partial charge in [-0.05, 0) is 47.9 Å². The average Bonchev–Trinajstić information content (AvgIpc) is 3.59. The normalized spacial score (nSPS) is 14.3. The lowest BCUT2D eigenvalue weighted by Gasteiger charge is -2.34. The number of rotatable bonds is 5. The molecule has 198 valence electrons. The second-order valence-electron chi connectivity index (χ2n) is 10.1. The molecule has 5 nitrogen and oxygen atoms in total. The standard InChI is InChI=1S/C33H27FN4OS/c34-27-11-6-10-25(19-27)33(39)37-17-15-36(16-18-37)22-28-32(23-7-2-1-3-8-23)35-31-14-13-26(21-38(28)31)30-20-24-9-4-5-12-29(24)40-30/h1-14,19-21H,15-18,22H2. The zero-order valence-corrected chi connectivity index (χ0v) is 22.7. The van der Waals surface area contributed by atoms with Gasteiger partial charge in [0.25, 0.3) is 5.91 Å². The fourth-order valence-electron chi connectivity index (χ4n) is 5.47. The molecule has 0 unspecified atom stereocenters. The van der Waals surface area contributed by atoms with E-state index in [1.807, 2.05) is 23.1 Å². The van der Waals surface area contributed by atoms with Gasteiger partial charge in [-0.3, -0.25) is 9.69 Å². The van der Waals surface area contributed by atoms with Gasteiger partial charge < -0.3 is 9.30 Å². The Kier molecular flexibility index (Phi) is 6.38. The van der Waals surface area contributed by atoms with E-state index in [0.29, 0.717) is 25.2 Å². The summed E-state index contributed by atoms with van der Waals surface area (Å²) in [6, 6.07) is 31.2. The van der Waals surface area contributed by atoms with E-state index in [1.165, 1.54) is 27.1 Å². The van der Waals surface area contributed by atoms with Crippen LogP contribution in [0.25, 0.3) is 37.4 Å². The van der Waals surface area contributed by atoms with Gasteiger partial charge >= 0.3 is 0 Å². The first-order valence-electron chi connectivity index (χ1n) is 13.4. The maximum absolute atomic E-state index is 13.7. The summed E-state index contributed by atoms with van der Waals surface area (Å²) in [5.41, 5.74) is 5.68. The number of pyridine rings is 1. The molecule has 1 amide bonds. The van der Waals surface area contributed by atoms with Crippen molar-refractivity contribution in [1.82, 2.24) is 19.2 Å². The predicted octanol–water partition coefficient (Wildman–Crippen LogP) is 6.98. The highest BCUT2D eigenvalue weighted by atomic mass is 32.1. The predicted molar refractivity (Wildman–Crippen MR) is 159 cm³/mol. The van der Waals surface area contributed by atoms with Crippen molar-refractivity contribution >= 4 is 33.0 Å². The average molecular weight is 547 g/mol. The minimum atomic E-state index is -0.388. The van der Waals surface area contributed by atoms with Gasteiger partial charge in [-0.2, -0.15) is 0 Å². The summed E-state index contributed by atoms with van der Waals surface area (Å²) in [6.07, 6.45) is 2.21. The number of carbonyl (C=O) groups excluding carboxylic acids is 1. The van der Waals surface area contributed by atoms with Gasteiger partial charge in [0.05, 0.1) is 11.4 Å². The number of halogens is 1. The molecule has 0 saturated carbocycles. The molecular formula is C33H27FN4OS. The second kappa shape index (κ2) is 10.3. The molecule has 6 aromatic rings. The number of imidazole rings is 1. The van der Waals surface area contributed by atoms with Gasteiger partial charge in [-0.1, -0.05) is 54.6 Å². The summed E-state index contributed by atoms with van der Waals surface area (Å²) < 4.78 is 17.2. The van der Waals surface area contributed by atoms with Crippen LogP contribution in [0.5, 0.6) is 0 Å². The van der Waals surface area contributed by atoms with Crippen molar-refractivity contribution in [2.45, 2.75) is 6.54 Å². The summed E-state index contributed by atoms with van der Waals surface area (Å²) in [6.45, 7) is 3.37. The van der Waals surface area contributed by atoms with Crippen molar-refractivity contribution in [3.8, 4) is 21.7 Å². The molecule has 40 heavy (non-hydrogen) atoms. The first-order valence-corrected chi connectivity index (χ1v) is 14.3. The summed E-state index contributed by atoms with van der Waals surface area (Å²) in [7, 11) is 0. The summed E-state index contributed by atoms with van der Waals surface area (Å²) in [5.74, 6) is -0.507. The Bertz CT molecular complexity index is 1800. The third-order valence-corrected chi connectivity index (χ3v) is 8.74. The molecule has 1 aliphatic rings. The highest BCUT2D eigenvalue weighted by Gasteiger charge is 2.25. The zero-order valence-electron chi connectivity index (χ0n) is 21.8. The number of nitrogens with zero attached hydrogens (tertiary/aromatic N) is 4. The second-order valence-corrected chi connectivity index (χ2v) is 11.2. The molecule has 1 saturated heterocycles. The van der Waals surface area contributed by atoms with E-state index in [2.05, 4.69) is 70.1 Å². The number of thiophene rings is 1. The van der Waals surface area contributed by atoms with Crippen LogP contribution in [0.1, 0.15) is 16.1 Å². The maximum atomic E-state index is 13.7. The van der Waals surface area contributed by atoms with Crippen LogP contribution in [-0.2, 0) is 6.54 Å². The SMILES string of the molecule is O=C(c1cccc(F)c1)N1CCN(Cc2c(-c3ccccc3)nc3ccc(-c4cc5ccccc5s4)cn23)CC1. The number of carbonyl (C=O) groups is 1. The van der Waals surface area contributed by atoms with Gasteiger partial charge in [0, 0.05) is 65.2 Å². The molecule has 0 radical (unpaired) electrons. The lowest BCUT2D eigenvalue weighted by atomic mass is 10.1. The molecule has 3 aromatic heterocycles. The molecular weight excluding hydrogens is 519 g/mol. The summed E-state index contributed by atoms with van der Waals surface area (Å²) in [5, 5.41) is 1.25. The molecule has 3 aromatic carbocycles. The smallest absolute Gasteiger partial charge is 0.254 e. The largest absolute Gasteiger partial charge is 0.336 e. The Hall–Kier alpha value is -4.33. The highest BCUT2D eigenvalue weighted by Crippen LogP contribution is 2.35. The molecule has 0 bridgehead atoms. The quantitative estimate of drug-likeness (QED) is 0.234. The number of piperazine rings is 1. The van der Waals surface area contributed by atoms with Gasteiger partial charge in [-0.15, -0.1) is 11.3 Å². The lowest BCUT2D eigenvalue weighted by Crippen LogP contribution is -2.48. The van der Waals surface area contributed by atoms with Crippen LogP contribution in [0, 0.1) is 5.82 Å². The first kappa shape index (κ1) is 24.7. The number of hydrogen-bond donors (Lipinski definition) is 0. The minimum absolute atomic E-state index is 0.119. The Morgan fingerprint density at radius 1 is 0.825 bits per heavy atom. The number of amides is 1. The van der Waals surface area contributed by atoms with Crippen LogP contribution in [0.2, 0.25) is 0 Å². The van der Waals surface area contributed by atoms with Crippen LogP contribution < -0.4 is 0 Å². The van der Waals surface area contributed by atoms with Crippen LogP contribution >= 0.6 is 11.3 Å². The van der Waals surface area contributed by atoms with E-state index in [1.54, 1.807) is 23.5 Å². The van der Waals surface area contributed by atoms with Crippen molar-refractivity contribution < 1.29 is 9.18 Å². The third kappa shape index (κ3) is 4.68. The van der Waals surface area contributed by atoms with Gasteiger partial charge in [0.1, 0.15) is 11.5 Å². The molecule has 0 aliphatic carbocycles. The Balaban J connectivity index is 1.19. The number of fused-ring (bicyclic) bond motifs is 2. The van der Waals surface area contributed by atoms with Crippen LogP contribution in [0.15, 0.2) is 103 Å². The van der Waals surface area contributed by atoms with Crippen LogP contribution in [0.4, 0.5) is 4.39 Å². The number of hydrogen-bond acceptors (Lipinski definition) is 4. The highest BCUT2D eigenvalue weighted by molar-refractivity contribution is 7.22. The van der Waals surface area contributed by atoms with Crippen LogP contribution in [-0.4, -0.2) is 51.3 Å². The third-order valence-electron chi connectivity index (χ3n) is 7.58. The van der Waals surface area contributed by atoms with E-state index in [4.69, 9.17) is 4.98 Å². The van der Waals surface area contributed by atoms with E-state index in [9.17, 15) is 9.18 Å². The van der Waals surface area contributed by atoms with Gasteiger partial charge in [0.2, 0.25) is 0 Å². The van der Waals surface area contributed by atoms with Crippen molar-refractivity contribution in [1.29, 1.82) is 0 Å².